The van der Waals surface area contributed by atoms with Gasteiger partial charge in [-0.3, -0.25) is 4.79 Å². The number of pyridine rings is 1. The number of rotatable bonds is 3. The largest absolute Gasteiger partial charge is 0.313 e. The van der Waals surface area contributed by atoms with Crippen LogP contribution in [0, 0.1) is 6.92 Å². The van der Waals surface area contributed by atoms with Crippen LogP contribution in [0.25, 0.3) is 0 Å². The summed E-state index contributed by atoms with van der Waals surface area (Å²) in [6.45, 7) is 2.72. The molecule has 0 spiro atoms. The molecule has 0 saturated carbocycles. The highest BCUT2D eigenvalue weighted by Crippen LogP contribution is 1.95. The summed E-state index contributed by atoms with van der Waals surface area (Å²) in [6, 6.07) is 5.32. The SMILES string of the molecule is Cc1cccc(=O)n1CCCS. The molecule has 0 radical (unpaired) electrons. The summed E-state index contributed by atoms with van der Waals surface area (Å²) in [7, 11) is 0. The fourth-order valence-electron chi connectivity index (χ4n) is 1.14. The second-order valence-electron chi connectivity index (χ2n) is 2.73. The summed E-state index contributed by atoms with van der Waals surface area (Å²) in [5.74, 6) is 0.820. The van der Waals surface area contributed by atoms with E-state index in [1.165, 1.54) is 0 Å². The summed E-state index contributed by atoms with van der Waals surface area (Å²) in [5, 5.41) is 0. The number of hydrogen-bond acceptors (Lipinski definition) is 2. The number of aromatic nitrogens is 1. The maximum atomic E-state index is 11.3. The van der Waals surface area contributed by atoms with Gasteiger partial charge in [0.15, 0.2) is 0 Å². The zero-order chi connectivity index (χ0) is 8.97. The van der Waals surface area contributed by atoms with Crippen molar-refractivity contribution in [1.82, 2.24) is 4.57 Å². The molecular formula is C9H13NOS. The highest BCUT2D eigenvalue weighted by molar-refractivity contribution is 7.80. The lowest BCUT2D eigenvalue weighted by Crippen LogP contribution is -2.21. The molecule has 2 nitrogen and oxygen atoms in total. The smallest absolute Gasteiger partial charge is 0.250 e. The maximum absolute atomic E-state index is 11.3. The average molecular weight is 183 g/mol. The molecule has 0 N–H and O–H groups in total. The Bertz CT molecular complexity index is 306. The van der Waals surface area contributed by atoms with Gasteiger partial charge in [0.1, 0.15) is 0 Å². The minimum Gasteiger partial charge on any atom is -0.313 e. The predicted octanol–water partition coefficient (Wildman–Crippen LogP) is 1.48. The van der Waals surface area contributed by atoms with Crippen LogP contribution in [0.1, 0.15) is 12.1 Å². The van der Waals surface area contributed by atoms with Crippen LogP contribution in [0.15, 0.2) is 23.0 Å². The van der Waals surface area contributed by atoms with Crippen LogP contribution in [-0.2, 0) is 6.54 Å². The monoisotopic (exact) mass is 183 g/mol. The highest BCUT2D eigenvalue weighted by atomic mass is 32.1. The highest BCUT2D eigenvalue weighted by Gasteiger charge is 1.96. The first-order valence-corrected chi connectivity index (χ1v) is 4.66. The van der Waals surface area contributed by atoms with Crippen molar-refractivity contribution in [2.75, 3.05) is 5.75 Å². The quantitative estimate of drug-likeness (QED) is 0.704. The fourth-order valence-corrected chi connectivity index (χ4v) is 1.28. The Kier molecular flexibility index (Phi) is 3.41. The normalized spacial score (nSPS) is 10.2. The third-order valence-corrected chi connectivity index (χ3v) is 2.12. The van der Waals surface area contributed by atoms with E-state index >= 15 is 0 Å². The molecule has 0 aliphatic carbocycles. The molecule has 0 atom stereocenters. The van der Waals surface area contributed by atoms with Crippen LogP contribution in [-0.4, -0.2) is 10.3 Å². The van der Waals surface area contributed by atoms with Crippen molar-refractivity contribution >= 4 is 12.6 Å². The van der Waals surface area contributed by atoms with E-state index in [4.69, 9.17) is 0 Å². The topological polar surface area (TPSA) is 22.0 Å². The molecule has 1 heterocycles. The van der Waals surface area contributed by atoms with Gasteiger partial charge in [0.25, 0.3) is 5.56 Å². The minimum absolute atomic E-state index is 0.0804. The molecule has 1 aromatic heterocycles. The number of nitrogens with zero attached hydrogens (tertiary/aromatic N) is 1. The molecule has 0 unspecified atom stereocenters. The summed E-state index contributed by atoms with van der Waals surface area (Å²) >= 11 is 4.10. The van der Waals surface area contributed by atoms with E-state index in [2.05, 4.69) is 12.6 Å². The molecule has 12 heavy (non-hydrogen) atoms. The lowest BCUT2D eigenvalue weighted by atomic mass is 10.3. The van der Waals surface area contributed by atoms with Crippen LogP contribution in [0.3, 0.4) is 0 Å². The van der Waals surface area contributed by atoms with Crippen LogP contribution >= 0.6 is 12.6 Å². The first-order valence-electron chi connectivity index (χ1n) is 4.03. The van der Waals surface area contributed by atoms with Gasteiger partial charge in [0.05, 0.1) is 0 Å². The van der Waals surface area contributed by atoms with Gasteiger partial charge in [-0.25, -0.2) is 0 Å². The molecule has 0 aromatic carbocycles. The van der Waals surface area contributed by atoms with Crippen molar-refractivity contribution in [3.8, 4) is 0 Å². The third kappa shape index (κ3) is 2.14. The molecule has 0 aliphatic rings. The van der Waals surface area contributed by atoms with Gasteiger partial charge in [-0.05, 0) is 25.2 Å². The molecule has 1 rings (SSSR count). The Balaban J connectivity index is 2.89. The summed E-state index contributed by atoms with van der Waals surface area (Å²) < 4.78 is 1.77. The van der Waals surface area contributed by atoms with Crippen molar-refractivity contribution < 1.29 is 0 Å². The van der Waals surface area contributed by atoms with Crippen LogP contribution in [0.2, 0.25) is 0 Å². The first-order chi connectivity index (χ1) is 5.75. The molecule has 0 saturated heterocycles. The predicted molar refractivity (Wildman–Crippen MR) is 53.9 cm³/mol. The zero-order valence-corrected chi connectivity index (χ0v) is 8.05. The van der Waals surface area contributed by atoms with Crippen molar-refractivity contribution in [2.45, 2.75) is 19.9 Å². The van der Waals surface area contributed by atoms with Gasteiger partial charge in [-0.15, -0.1) is 0 Å². The van der Waals surface area contributed by atoms with E-state index in [0.29, 0.717) is 0 Å². The van der Waals surface area contributed by atoms with Crippen LogP contribution < -0.4 is 5.56 Å². The molecule has 66 valence electrons. The summed E-state index contributed by atoms with van der Waals surface area (Å²) in [5.41, 5.74) is 1.10. The van der Waals surface area contributed by atoms with Gasteiger partial charge in [0, 0.05) is 18.3 Å². The lowest BCUT2D eigenvalue weighted by Gasteiger charge is -2.07. The molecule has 0 amide bonds. The Morgan fingerprint density at radius 1 is 1.50 bits per heavy atom. The van der Waals surface area contributed by atoms with Crippen molar-refractivity contribution in [1.29, 1.82) is 0 Å². The Labute approximate surface area is 77.6 Å². The second-order valence-corrected chi connectivity index (χ2v) is 3.18. The van der Waals surface area contributed by atoms with E-state index in [-0.39, 0.29) is 5.56 Å². The zero-order valence-electron chi connectivity index (χ0n) is 7.16. The molecule has 0 fully saturated rings. The second kappa shape index (κ2) is 4.36. The molecule has 0 aliphatic heterocycles. The van der Waals surface area contributed by atoms with Crippen LogP contribution in [0.5, 0.6) is 0 Å². The first kappa shape index (κ1) is 9.39. The third-order valence-electron chi connectivity index (χ3n) is 1.81. The summed E-state index contributed by atoms with van der Waals surface area (Å²) in [4.78, 5) is 11.3. The summed E-state index contributed by atoms with van der Waals surface area (Å²) in [6.07, 6.45) is 0.938. The van der Waals surface area contributed by atoms with Crippen molar-refractivity contribution in [3.05, 3.63) is 34.2 Å². The lowest BCUT2D eigenvalue weighted by molar-refractivity contribution is 0.640. The van der Waals surface area contributed by atoms with E-state index < -0.39 is 0 Å². The molecule has 3 heteroatoms. The fraction of sp³-hybridized carbons (Fsp3) is 0.444. The Hall–Kier alpha value is -0.700. The Morgan fingerprint density at radius 2 is 2.25 bits per heavy atom. The van der Waals surface area contributed by atoms with Crippen molar-refractivity contribution in [3.63, 3.8) is 0 Å². The van der Waals surface area contributed by atoms with E-state index in [1.54, 1.807) is 16.7 Å². The molecule has 0 bridgehead atoms. The van der Waals surface area contributed by atoms with Gasteiger partial charge in [-0.1, -0.05) is 6.07 Å². The van der Waals surface area contributed by atoms with Gasteiger partial charge < -0.3 is 4.57 Å². The van der Waals surface area contributed by atoms with Gasteiger partial charge in [-0.2, -0.15) is 12.6 Å². The number of thiol groups is 1. The van der Waals surface area contributed by atoms with E-state index in [9.17, 15) is 4.79 Å². The van der Waals surface area contributed by atoms with Crippen LogP contribution in [0.4, 0.5) is 0 Å². The van der Waals surface area contributed by atoms with Gasteiger partial charge in [0.2, 0.25) is 0 Å². The maximum Gasteiger partial charge on any atom is 0.250 e. The van der Waals surface area contributed by atoms with E-state index in [0.717, 1.165) is 24.4 Å². The number of hydrogen-bond donors (Lipinski definition) is 1. The van der Waals surface area contributed by atoms with Crippen molar-refractivity contribution in [2.24, 2.45) is 0 Å². The number of aryl methyl sites for hydroxylation is 1. The molecular weight excluding hydrogens is 170 g/mol. The minimum atomic E-state index is 0.0804. The Morgan fingerprint density at radius 3 is 2.83 bits per heavy atom. The van der Waals surface area contributed by atoms with Gasteiger partial charge >= 0.3 is 0 Å². The van der Waals surface area contributed by atoms with E-state index in [1.807, 2.05) is 13.0 Å². The average Bonchev–Trinajstić information content (AvgIpc) is 2.04. The molecule has 1 aromatic rings. The standard InChI is InChI=1S/C9H13NOS/c1-8-4-2-5-9(11)10(8)6-3-7-12/h2,4-5,12H,3,6-7H2,1H3.